The normalized spacial score (nSPS) is 10.6. The minimum atomic E-state index is -0.767. The minimum Gasteiger partial charge on any atom is -0.492 e. The van der Waals surface area contributed by atoms with Crippen molar-refractivity contribution >= 4 is 22.6 Å². The van der Waals surface area contributed by atoms with Gasteiger partial charge in [0.1, 0.15) is 18.9 Å². The van der Waals surface area contributed by atoms with Crippen LogP contribution in [0, 0.1) is 6.92 Å². The van der Waals surface area contributed by atoms with E-state index in [1.54, 1.807) is 24.3 Å². The van der Waals surface area contributed by atoms with Crippen molar-refractivity contribution in [2.24, 2.45) is 5.73 Å². The first kappa shape index (κ1) is 19.1. The summed E-state index contributed by atoms with van der Waals surface area (Å²) in [6, 6.07) is 14.1. The van der Waals surface area contributed by atoms with Crippen LogP contribution >= 0.6 is 0 Å². The number of nitrogens with zero attached hydrogens (tertiary/aromatic N) is 2. The second-order valence-electron chi connectivity index (χ2n) is 6.24. The van der Waals surface area contributed by atoms with Crippen molar-refractivity contribution in [1.29, 1.82) is 0 Å². The van der Waals surface area contributed by atoms with Gasteiger partial charge in [-0.3, -0.25) is 14.4 Å². The van der Waals surface area contributed by atoms with Gasteiger partial charge in [-0.05, 0) is 30.7 Å². The number of rotatable bonds is 7. The molecule has 8 heteroatoms. The summed E-state index contributed by atoms with van der Waals surface area (Å²) in [6.45, 7) is 2.18. The van der Waals surface area contributed by atoms with E-state index in [2.05, 4.69) is 10.4 Å². The molecular weight excluding hydrogens is 360 g/mol. The maximum atomic E-state index is 12.5. The lowest BCUT2D eigenvalue weighted by molar-refractivity contribution is -0.122. The van der Waals surface area contributed by atoms with Crippen LogP contribution in [0.3, 0.4) is 0 Å². The van der Waals surface area contributed by atoms with E-state index in [0.29, 0.717) is 11.1 Å². The third-order valence-electron chi connectivity index (χ3n) is 4.08. The Morgan fingerprint density at radius 1 is 1.14 bits per heavy atom. The molecule has 1 aromatic heterocycles. The van der Waals surface area contributed by atoms with Crippen molar-refractivity contribution in [2.75, 3.05) is 13.2 Å². The van der Waals surface area contributed by atoms with E-state index < -0.39 is 17.4 Å². The van der Waals surface area contributed by atoms with Crippen LogP contribution in [-0.2, 0) is 11.3 Å². The molecule has 0 atom stereocenters. The Labute approximate surface area is 160 Å². The summed E-state index contributed by atoms with van der Waals surface area (Å²) in [4.78, 5) is 36.4. The van der Waals surface area contributed by atoms with Crippen molar-refractivity contribution in [3.05, 3.63) is 70.1 Å². The highest BCUT2D eigenvalue weighted by Gasteiger charge is 2.15. The highest BCUT2D eigenvalue weighted by atomic mass is 16.5. The van der Waals surface area contributed by atoms with Crippen molar-refractivity contribution in [3.63, 3.8) is 0 Å². The van der Waals surface area contributed by atoms with Crippen LogP contribution in [-0.4, -0.2) is 34.7 Å². The molecule has 2 amide bonds. The molecule has 0 aliphatic carbocycles. The smallest absolute Gasteiger partial charge is 0.275 e. The van der Waals surface area contributed by atoms with E-state index in [9.17, 15) is 14.4 Å². The summed E-state index contributed by atoms with van der Waals surface area (Å²) in [7, 11) is 0. The number of benzene rings is 2. The number of amides is 2. The number of carbonyl (C=O) groups excluding carboxylic acids is 2. The Kier molecular flexibility index (Phi) is 5.69. The van der Waals surface area contributed by atoms with E-state index in [4.69, 9.17) is 10.5 Å². The first-order valence-electron chi connectivity index (χ1n) is 8.71. The van der Waals surface area contributed by atoms with Crippen molar-refractivity contribution in [2.45, 2.75) is 13.5 Å². The van der Waals surface area contributed by atoms with Gasteiger partial charge >= 0.3 is 0 Å². The fraction of sp³-hybridized carbons (Fsp3) is 0.200. The number of fused-ring (bicyclic) bond motifs is 1. The van der Waals surface area contributed by atoms with Gasteiger partial charge in [-0.15, -0.1) is 0 Å². The maximum Gasteiger partial charge on any atom is 0.275 e. The van der Waals surface area contributed by atoms with Crippen LogP contribution in [0.2, 0.25) is 0 Å². The zero-order valence-corrected chi connectivity index (χ0v) is 15.3. The molecule has 0 saturated heterocycles. The van der Waals surface area contributed by atoms with Gasteiger partial charge in [-0.25, -0.2) is 4.68 Å². The van der Waals surface area contributed by atoms with Gasteiger partial charge in [-0.1, -0.05) is 30.3 Å². The van der Waals surface area contributed by atoms with Gasteiger partial charge in [0.15, 0.2) is 5.69 Å². The number of hydrogen-bond donors (Lipinski definition) is 2. The highest BCUT2D eigenvalue weighted by Crippen LogP contribution is 2.13. The predicted octanol–water partition coefficient (Wildman–Crippen LogP) is 0.999. The number of nitrogens with one attached hydrogen (secondary N) is 1. The van der Waals surface area contributed by atoms with Crippen molar-refractivity contribution < 1.29 is 14.3 Å². The van der Waals surface area contributed by atoms with Crippen LogP contribution in [0.25, 0.3) is 10.8 Å². The summed E-state index contributed by atoms with van der Waals surface area (Å²) in [5.41, 5.74) is 5.92. The first-order valence-corrected chi connectivity index (χ1v) is 8.71. The third-order valence-corrected chi connectivity index (χ3v) is 4.08. The summed E-state index contributed by atoms with van der Waals surface area (Å²) in [5.74, 6) is -0.474. The second-order valence-corrected chi connectivity index (χ2v) is 6.24. The molecule has 0 aliphatic heterocycles. The molecule has 0 aliphatic rings. The fourth-order valence-corrected chi connectivity index (χ4v) is 2.78. The number of aryl methyl sites for hydroxylation is 1. The Balaban J connectivity index is 1.65. The SMILES string of the molecule is Cc1cccc(OCCNC(=O)Cn2nc(C(N)=O)c3ccccc3c2=O)c1. The number of carbonyl (C=O) groups is 2. The molecule has 28 heavy (non-hydrogen) atoms. The average Bonchev–Trinajstić information content (AvgIpc) is 2.67. The highest BCUT2D eigenvalue weighted by molar-refractivity contribution is 6.04. The molecule has 1 heterocycles. The Morgan fingerprint density at radius 2 is 1.89 bits per heavy atom. The fourth-order valence-electron chi connectivity index (χ4n) is 2.78. The molecular formula is C20H20N4O4. The van der Waals surface area contributed by atoms with Gasteiger partial charge in [-0.2, -0.15) is 5.10 Å². The topological polar surface area (TPSA) is 116 Å². The maximum absolute atomic E-state index is 12.5. The van der Waals surface area contributed by atoms with Crippen molar-refractivity contribution in [1.82, 2.24) is 15.1 Å². The quantitative estimate of drug-likeness (QED) is 0.593. The minimum absolute atomic E-state index is 0.0502. The number of nitrogens with two attached hydrogens (primary N) is 1. The lowest BCUT2D eigenvalue weighted by Crippen LogP contribution is -2.36. The molecule has 0 saturated carbocycles. The average molecular weight is 380 g/mol. The standard InChI is InChI=1S/C20H20N4O4/c1-13-5-4-6-14(11-13)28-10-9-22-17(25)12-24-20(27)16-8-3-2-7-15(16)18(23-24)19(21)26/h2-8,11H,9-10,12H2,1H3,(H2,21,26)(H,22,25). The van der Waals surface area contributed by atoms with Crippen LogP contribution in [0.1, 0.15) is 16.1 Å². The largest absolute Gasteiger partial charge is 0.492 e. The number of aromatic nitrogens is 2. The Morgan fingerprint density at radius 3 is 2.61 bits per heavy atom. The second kappa shape index (κ2) is 8.34. The predicted molar refractivity (Wildman–Crippen MR) is 104 cm³/mol. The number of hydrogen-bond acceptors (Lipinski definition) is 5. The van der Waals surface area contributed by atoms with Gasteiger partial charge in [0.2, 0.25) is 5.91 Å². The molecule has 3 aromatic rings. The summed E-state index contributed by atoms with van der Waals surface area (Å²) >= 11 is 0. The lowest BCUT2D eigenvalue weighted by Gasteiger charge is -2.10. The van der Waals surface area contributed by atoms with Gasteiger partial charge < -0.3 is 15.8 Å². The van der Waals surface area contributed by atoms with E-state index in [0.717, 1.165) is 10.2 Å². The Hall–Kier alpha value is -3.68. The van der Waals surface area contributed by atoms with Gasteiger partial charge in [0.05, 0.1) is 11.9 Å². The van der Waals surface area contributed by atoms with Crippen LogP contribution in [0.4, 0.5) is 0 Å². The number of ether oxygens (including phenoxy) is 1. The van der Waals surface area contributed by atoms with E-state index in [1.165, 1.54) is 0 Å². The number of primary amides is 1. The third kappa shape index (κ3) is 4.35. The van der Waals surface area contributed by atoms with Crippen molar-refractivity contribution in [3.8, 4) is 5.75 Å². The molecule has 2 aromatic carbocycles. The zero-order valence-electron chi connectivity index (χ0n) is 15.3. The summed E-state index contributed by atoms with van der Waals surface area (Å²) < 4.78 is 6.50. The zero-order chi connectivity index (χ0) is 20.1. The molecule has 0 unspecified atom stereocenters. The molecule has 0 fully saturated rings. The van der Waals surface area contributed by atoms with Crippen LogP contribution in [0.5, 0.6) is 5.75 Å². The van der Waals surface area contributed by atoms with Gasteiger partial charge in [0.25, 0.3) is 11.5 Å². The summed E-state index contributed by atoms with van der Waals surface area (Å²) in [5, 5.41) is 7.27. The lowest BCUT2D eigenvalue weighted by atomic mass is 10.1. The summed E-state index contributed by atoms with van der Waals surface area (Å²) in [6.07, 6.45) is 0. The molecule has 144 valence electrons. The van der Waals surface area contributed by atoms with Gasteiger partial charge in [0, 0.05) is 5.39 Å². The van der Waals surface area contributed by atoms with E-state index in [1.807, 2.05) is 31.2 Å². The van der Waals surface area contributed by atoms with Crippen LogP contribution < -0.4 is 21.3 Å². The Bertz CT molecular complexity index is 1090. The molecule has 0 radical (unpaired) electrons. The van der Waals surface area contributed by atoms with Crippen LogP contribution in [0.15, 0.2) is 53.3 Å². The monoisotopic (exact) mass is 380 g/mol. The molecule has 3 rings (SSSR count). The molecule has 0 spiro atoms. The molecule has 8 nitrogen and oxygen atoms in total. The van der Waals surface area contributed by atoms with E-state index in [-0.39, 0.29) is 30.8 Å². The van der Waals surface area contributed by atoms with E-state index >= 15 is 0 Å². The molecule has 0 bridgehead atoms. The molecule has 3 N–H and O–H groups in total. The first-order chi connectivity index (χ1) is 13.5.